The first-order valence-corrected chi connectivity index (χ1v) is 13.6. The van der Waals surface area contributed by atoms with Crippen molar-refractivity contribution in [2.24, 2.45) is 0 Å². The van der Waals surface area contributed by atoms with Gasteiger partial charge in [-0.15, -0.1) is 11.6 Å². The largest absolute Gasteiger partial charge is 0.412 e. The van der Waals surface area contributed by atoms with E-state index in [2.05, 4.69) is 56.4 Å². The first-order chi connectivity index (χ1) is 19.1. The van der Waals surface area contributed by atoms with Gasteiger partial charge in [0.25, 0.3) is 0 Å². The van der Waals surface area contributed by atoms with Crippen LogP contribution in [0.25, 0.3) is 44.8 Å². The van der Waals surface area contributed by atoms with Crippen LogP contribution in [0.4, 0.5) is 10.5 Å². The number of likely N-dealkylation sites (N-methyl/N-ethyl adjacent to an activating group) is 1. The average Bonchev–Trinajstić information content (AvgIpc) is 3.57. The molecule has 10 heteroatoms. The highest BCUT2D eigenvalue weighted by molar-refractivity contribution is 6.17. The number of aromatic amines is 2. The van der Waals surface area contributed by atoms with E-state index in [4.69, 9.17) is 26.3 Å². The fourth-order valence-electron chi connectivity index (χ4n) is 4.77. The first kappa shape index (κ1) is 25.2. The maximum absolute atomic E-state index is 11.9. The van der Waals surface area contributed by atoms with Crippen LogP contribution in [0, 0.1) is 0 Å². The lowest BCUT2D eigenvalue weighted by molar-refractivity contribution is 0.200. The van der Waals surface area contributed by atoms with Gasteiger partial charge in [0.15, 0.2) is 0 Å². The number of hydrogen-bond acceptors (Lipinski definition) is 6. The fourth-order valence-corrected chi connectivity index (χ4v) is 4.90. The van der Waals surface area contributed by atoms with E-state index in [9.17, 15) is 4.79 Å². The summed E-state index contributed by atoms with van der Waals surface area (Å²) in [4.78, 5) is 33.1. The van der Waals surface area contributed by atoms with Gasteiger partial charge >= 0.3 is 6.09 Å². The second-order valence-electron chi connectivity index (χ2n) is 9.78. The van der Waals surface area contributed by atoms with E-state index >= 15 is 0 Å². The molecule has 0 aliphatic carbocycles. The Morgan fingerprint density at radius 3 is 2.26 bits per heavy atom. The number of carbonyl (C=O) groups is 1. The Bertz CT molecular complexity index is 1600. The van der Waals surface area contributed by atoms with Gasteiger partial charge in [-0.1, -0.05) is 0 Å². The van der Waals surface area contributed by atoms with Crippen LogP contribution < -0.4 is 15.0 Å². The third-order valence-electron chi connectivity index (χ3n) is 7.01. The molecule has 1 fully saturated rings. The van der Waals surface area contributed by atoms with Crippen LogP contribution in [-0.2, 0) is 0 Å². The standard InChI is InChI=1S/C29H30ClN7O2/c1-36-13-15-37(16-14-36)21-6-10-24-26(18-21)35-28(33-24)20-5-9-23-25(17-20)34-27(32-23)19-3-7-22(8-4-19)39-29(38)31-12-2-11-30/h3-10,17-18H,2,11-16H2,1H3,(H,31,38)(H,32,34)(H,33,35). The average molecular weight is 544 g/mol. The monoisotopic (exact) mass is 543 g/mol. The van der Waals surface area contributed by atoms with Gasteiger partial charge in [0.05, 0.1) is 22.1 Å². The Balaban J connectivity index is 1.19. The Labute approximate surface area is 231 Å². The number of anilines is 1. The second kappa shape index (κ2) is 11.0. The minimum atomic E-state index is -0.495. The van der Waals surface area contributed by atoms with E-state index in [0.717, 1.165) is 71.0 Å². The quantitative estimate of drug-likeness (QED) is 0.192. The first-order valence-electron chi connectivity index (χ1n) is 13.1. The molecule has 0 spiro atoms. The van der Waals surface area contributed by atoms with Crippen LogP contribution >= 0.6 is 11.6 Å². The van der Waals surface area contributed by atoms with E-state index in [-0.39, 0.29) is 0 Å². The number of rotatable bonds is 7. The van der Waals surface area contributed by atoms with Gasteiger partial charge in [-0.2, -0.15) is 0 Å². The van der Waals surface area contributed by atoms with Gasteiger partial charge in [-0.05, 0) is 74.1 Å². The van der Waals surface area contributed by atoms with E-state index in [1.54, 1.807) is 12.1 Å². The van der Waals surface area contributed by atoms with Crippen LogP contribution in [0.15, 0.2) is 60.7 Å². The molecule has 1 aliphatic rings. The number of nitrogens with zero attached hydrogens (tertiary/aromatic N) is 4. The molecule has 39 heavy (non-hydrogen) atoms. The predicted octanol–water partition coefficient (Wildman–Crippen LogP) is 5.24. The molecule has 200 valence electrons. The molecule has 0 unspecified atom stereocenters. The highest BCUT2D eigenvalue weighted by Crippen LogP contribution is 2.28. The smallest absolute Gasteiger partial charge is 0.410 e. The van der Waals surface area contributed by atoms with Crippen molar-refractivity contribution in [1.29, 1.82) is 0 Å². The molecular formula is C29H30ClN7O2. The molecule has 2 aromatic heterocycles. The molecule has 3 heterocycles. The van der Waals surface area contributed by atoms with E-state index in [0.29, 0.717) is 24.6 Å². The number of fused-ring (bicyclic) bond motifs is 2. The van der Waals surface area contributed by atoms with Crippen LogP contribution in [0.2, 0.25) is 0 Å². The van der Waals surface area contributed by atoms with Crippen molar-refractivity contribution >= 4 is 45.4 Å². The van der Waals surface area contributed by atoms with Crippen molar-refractivity contribution in [1.82, 2.24) is 30.2 Å². The molecule has 1 amide bonds. The zero-order chi connectivity index (χ0) is 26.8. The number of imidazole rings is 2. The molecule has 0 saturated carbocycles. The summed E-state index contributed by atoms with van der Waals surface area (Å²) in [5.41, 5.74) is 6.86. The van der Waals surface area contributed by atoms with Gasteiger partial charge in [0.2, 0.25) is 0 Å². The van der Waals surface area contributed by atoms with E-state index < -0.39 is 6.09 Å². The molecule has 6 rings (SSSR count). The number of ether oxygens (including phenoxy) is 1. The maximum atomic E-state index is 11.9. The zero-order valence-corrected chi connectivity index (χ0v) is 22.5. The number of hydrogen-bond donors (Lipinski definition) is 3. The predicted molar refractivity (Wildman–Crippen MR) is 156 cm³/mol. The lowest BCUT2D eigenvalue weighted by Crippen LogP contribution is -2.44. The lowest BCUT2D eigenvalue weighted by Gasteiger charge is -2.34. The topological polar surface area (TPSA) is 102 Å². The molecule has 9 nitrogen and oxygen atoms in total. The summed E-state index contributed by atoms with van der Waals surface area (Å²) in [5, 5.41) is 2.67. The van der Waals surface area contributed by atoms with Crippen molar-refractivity contribution in [3.05, 3.63) is 60.7 Å². The van der Waals surface area contributed by atoms with Crippen LogP contribution in [0.5, 0.6) is 5.75 Å². The molecule has 0 radical (unpaired) electrons. The maximum Gasteiger partial charge on any atom is 0.412 e. The number of aromatic nitrogens is 4. The summed E-state index contributed by atoms with van der Waals surface area (Å²) >= 11 is 5.63. The molecule has 0 atom stereocenters. The summed E-state index contributed by atoms with van der Waals surface area (Å²) in [6.07, 6.45) is 0.197. The van der Waals surface area contributed by atoms with E-state index in [1.807, 2.05) is 24.3 Å². The molecule has 5 aromatic rings. The number of nitrogens with one attached hydrogen (secondary N) is 3. The summed E-state index contributed by atoms with van der Waals surface area (Å²) in [6.45, 7) is 4.68. The van der Waals surface area contributed by atoms with Crippen molar-refractivity contribution in [3.8, 4) is 28.5 Å². The zero-order valence-electron chi connectivity index (χ0n) is 21.7. The van der Waals surface area contributed by atoms with E-state index in [1.165, 1.54) is 5.69 Å². The van der Waals surface area contributed by atoms with Crippen LogP contribution in [0.1, 0.15) is 6.42 Å². The highest BCUT2D eigenvalue weighted by atomic mass is 35.5. The molecule has 1 saturated heterocycles. The Hall–Kier alpha value is -4.08. The van der Waals surface area contributed by atoms with Gasteiger partial charge in [0.1, 0.15) is 17.4 Å². The van der Waals surface area contributed by atoms with Crippen molar-refractivity contribution in [3.63, 3.8) is 0 Å². The summed E-state index contributed by atoms with van der Waals surface area (Å²) in [6, 6.07) is 19.8. The van der Waals surface area contributed by atoms with Gasteiger partial charge in [-0.25, -0.2) is 14.8 Å². The van der Waals surface area contributed by atoms with Crippen molar-refractivity contribution in [2.75, 3.05) is 50.6 Å². The van der Waals surface area contributed by atoms with Crippen molar-refractivity contribution < 1.29 is 9.53 Å². The number of piperazine rings is 1. The molecule has 0 bridgehead atoms. The van der Waals surface area contributed by atoms with Crippen molar-refractivity contribution in [2.45, 2.75) is 6.42 Å². The minimum absolute atomic E-state index is 0.459. The van der Waals surface area contributed by atoms with Gasteiger partial charge in [0, 0.05) is 55.4 Å². The molecular weight excluding hydrogens is 514 g/mol. The Morgan fingerprint density at radius 1 is 0.897 bits per heavy atom. The third kappa shape index (κ3) is 5.55. The minimum Gasteiger partial charge on any atom is -0.410 e. The van der Waals surface area contributed by atoms with Crippen LogP contribution in [-0.4, -0.2) is 76.6 Å². The second-order valence-corrected chi connectivity index (χ2v) is 10.2. The Morgan fingerprint density at radius 2 is 1.54 bits per heavy atom. The number of amides is 1. The summed E-state index contributed by atoms with van der Waals surface area (Å²) < 4.78 is 5.31. The SMILES string of the molecule is CN1CCN(c2ccc3nc(-c4ccc5nc(-c6ccc(OC(=O)NCCCCl)cc6)[nH]c5c4)[nH]c3c2)CC1. The third-order valence-corrected chi connectivity index (χ3v) is 7.27. The Kier molecular flexibility index (Phi) is 7.08. The normalized spacial score (nSPS) is 14.3. The number of carbonyl (C=O) groups excluding carboxylic acids is 1. The van der Waals surface area contributed by atoms with Gasteiger partial charge in [-0.3, -0.25) is 0 Å². The summed E-state index contributed by atoms with van der Waals surface area (Å²) in [7, 11) is 2.17. The molecule has 1 aliphatic heterocycles. The fraction of sp³-hybridized carbons (Fsp3) is 0.276. The highest BCUT2D eigenvalue weighted by Gasteiger charge is 2.16. The van der Waals surface area contributed by atoms with Gasteiger partial charge < -0.3 is 29.8 Å². The molecule has 3 N–H and O–H groups in total. The molecule has 3 aromatic carbocycles. The number of H-pyrrole nitrogens is 2. The summed E-state index contributed by atoms with van der Waals surface area (Å²) in [5.74, 6) is 2.51. The number of benzene rings is 3. The number of halogens is 1. The number of alkyl halides is 1. The van der Waals surface area contributed by atoms with Crippen LogP contribution in [0.3, 0.4) is 0 Å². The lowest BCUT2D eigenvalue weighted by atomic mass is 10.2.